The minimum Gasteiger partial charge on any atom is -0.355 e. The number of rotatable bonds is 7. The summed E-state index contributed by atoms with van der Waals surface area (Å²) in [5.74, 6) is -0.183. The lowest BCUT2D eigenvalue weighted by Gasteiger charge is -2.13. The molecule has 0 aliphatic carbocycles. The van der Waals surface area contributed by atoms with Crippen molar-refractivity contribution in [3.63, 3.8) is 0 Å². The van der Waals surface area contributed by atoms with Crippen LogP contribution in [0, 0.1) is 5.92 Å². The van der Waals surface area contributed by atoms with Crippen LogP contribution in [-0.4, -0.2) is 55.0 Å². The predicted molar refractivity (Wildman–Crippen MR) is 112 cm³/mol. The van der Waals surface area contributed by atoms with E-state index in [0.717, 1.165) is 31.5 Å². The molecule has 1 aromatic heterocycles. The average molecular weight is 396 g/mol. The molecule has 1 aliphatic rings. The van der Waals surface area contributed by atoms with E-state index in [2.05, 4.69) is 22.6 Å². The van der Waals surface area contributed by atoms with Gasteiger partial charge < -0.3 is 20.1 Å². The maximum atomic E-state index is 12.7. The fourth-order valence-corrected chi connectivity index (χ4v) is 3.71. The van der Waals surface area contributed by atoms with Crippen LogP contribution in [0.1, 0.15) is 39.1 Å². The highest BCUT2D eigenvalue weighted by atomic mass is 16.2. The molecule has 0 radical (unpaired) electrons. The number of likely N-dealkylation sites (tertiary alicyclic amines) is 1. The molecule has 2 aromatic rings. The molecule has 0 bridgehead atoms. The summed E-state index contributed by atoms with van der Waals surface area (Å²) >= 11 is 0. The first-order valence-corrected chi connectivity index (χ1v) is 9.95. The Labute approximate surface area is 170 Å². The second kappa shape index (κ2) is 9.52. The summed E-state index contributed by atoms with van der Waals surface area (Å²) in [6, 6.07) is 10.8. The van der Waals surface area contributed by atoms with Gasteiger partial charge in [-0.15, -0.1) is 0 Å². The fraction of sp³-hybridized carbons (Fsp3) is 0.409. The van der Waals surface area contributed by atoms with Gasteiger partial charge in [-0.1, -0.05) is 30.3 Å². The topological polar surface area (TPSA) is 83.4 Å². The molecule has 3 rings (SSSR count). The van der Waals surface area contributed by atoms with E-state index < -0.39 is 11.5 Å². The van der Waals surface area contributed by atoms with Gasteiger partial charge in [-0.3, -0.25) is 14.4 Å². The molecule has 154 valence electrons. The van der Waals surface area contributed by atoms with Crippen molar-refractivity contribution in [1.82, 2.24) is 20.1 Å². The van der Waals surface area contributed by atoms with E-state index >= 15 is 0 Å². The van der Waals surface area contributed by atoms with E-state index in [0.29, 0.717) is 24.6 Å². The molecule has 1 saturated heterocycles. The van der Waals surface area contributed by atoms with Crippen molar-refractivity contribution in [3.8, 4) is 0 Å². The van der Waals surface area contributed by atoms with Crippen molar-refractivity contribution in [2.24, 2.45) is 5.92 Å². The summed E-state index contributed by atoms with van der Waals surface area (Å²) in [5, 5.41) is 5.41. The first-order valence-electron chi connectivity index (χ1n) is 9.95. The minimum atomic E-state index is -0.500. The molecule has 7 nitrogen and oxygen atoms in total. The van der Waals surface area contributed by atoms with E-state index in [1.807, 2.05) is 30.3 Å². The molecule has 29 heavy (non-hydrogen) atoms. The molecule has 1 unspecified atom stereocenters. The number of nitrogens with one attached hydrogen (secondary N) is 2. The zero-order valence-electron chi connectivity index (χ0n) is 17.0. The second-order valence-electron chi connectivity index (χ2n) is 7.60. The number of hydrogen-bond donors (Lipinski definition) is 2. The van der Waals surface area contributed by atoms with E-state index in [4.69, 9.17) is 0 Å². The van der Waals surface area contributed by atoms with Crippen LogP contribution in [0.3, 0.4) is 0 Å². The average Bonchev–Trinajstić information content (AvgIpc) is 3.14. The van der Waals surface area contributed by atoms with Gasteiger partial charge in [-0.25, -0.2) is 0 Å². The Morgan fingerprint density at radius 1 is 1.17 bits per heavy atom. The third kappa shape index (κ3) is 5.32. The monoisotopic (exact) mass is 396 g/mol. The van der Waals surface area contributed by atoms with Crippen LogP contribution in [-0.2, 0) is 6.54 Å². The summed E-state index contributed by atoms with van der Waals surface area (Å²) in [5.41, 5.74) is 0.773. The SMILES string of the molecule is CNC(=O)c1cc(C(=O)NCCC2CCN(C)C2)cn(Cc2ccccc2)c1=O. The molecule has 0 saturated carbocycles. The standard InChI is InChI=1S/C22H28N4O3/c1-23-21(28)19-12-18(20(27)24-10-8-17-9-11-25(2)13-17)15-26(22(19)29)14-16-6-4-3-5-7-16/h3-7,12,15,17H,8-11,13-14H2,1-2H3,(H,23,28)(H,24,27). The lowest BCUT2D eigenvalue weighted by molar-refractivity contribution is 0.0950. The number of carbonyl (C=O) groups is 2. The number of benzene rings is 1. The third-order valence-corrected chi connectivity index (χ3v) is 5.34. The van der Waals surface area contributed by atoms with Crippen LogP contribution in [0.2, 0.25) is 0 Å². The fourth-order valence-electron chi connectivity index (χ4n) is 3.71. The Morgan fingerprint density at radius 3 is 2.59 bits per heavy atom. The van der Waals surface area contributed by atoms with E-state index in [-0.39, 0.29) is 11.5 Å². The van der Waals surface area contributed by atoms with Crippen molar-refractivity contribution < 1.29 is 9.59 Å². The number of aromatic nitrogens is 1. The molecule has 7 heteroatoms. The van der Waals surface area contributed by atoms with Crippen LogP contribution < -0.4 is 16.2 Å². The van der Waals surface area contributed by atoms with Gasteiger partial charge in [0.15, 0.2) is 0 Å². The first kappa shape index (κ1) is 20.8. The summed E-state index contributed by atoms with van der Waals surface area (Å²) in [6.07, 6.45) is 3.59. The van der Waals surface area contributed by atoms with Gasteiger partial charge in [-0.2, -0.15) is 0 Å². The number of nitrogens with zero attached hydrogens (tertiary/aromatic N) is 2. The van der Waals surface area contributed by atoms with Crippen LogP contribution in [0.25, 0.3) is 0 Å². The summed E-state index contributed by atoms with van der Waals surface area (Å²) in [4.78, 5) is 39.9. The number of pyridine rings is 1. The van der Waals surface area contributed by atoms with Crippen molar-refractivity contribution in [2.45, 2.75) is 19.4 Å². The smallest absolute Gasteiger partial charge is 0.263 e. The maximum Gasteiger partial charge on any atom is 0.263 e. The molecule has 2 N–H and O–H groups in total. The van der Waals surface area contributed by atoms with Crippen LogP contribution in [0.4, 0.5) is 0 Å². The Balaban J connectivity index is 1.77. The quantitative estimate of drug-likeness (QED) is 0.740. The largest absolute Gasteiger partial charge is 0.355 e. The Bertz CT molecular complexity index is 923. The molecule has 2 amide bonds. The predicted octanol–water partition coefficient (Wildman–Crippen LogP) is 1.33. The number of amides is 2. The maximum absolute atomic E-state index is 12.7. The van der Waals surface area contributed by atoms with Crippen molar-refractivity contribution in [1.29, 1.82) is 0 Å². The van der Waals surface area contributed by atoms with Crippen molar-refractivity contribution in [2.75, 3.05) is 33.7 Å². The highest BCUT2D eigenvalue weighted by Gasteiger charge is 2.20. The molecule has 2 heterocycles. The van der Waals surface area contributed by atoms with Gasteiger partial charge in [0, 0.05) is 26.3 Å². The van der Waals surface area contributed by atoms with E-state index in [1.54, 1.807) is 0 Å². The minimum absolute atomic E-state index is 0.0338. The van der Waals surface area contributed by atoms with Gasteiger partial charge in [0.05, 0.1) is 12.1 Å². The molecule has 1 aliphatic heterocycles. The Hall–Kier alpha value is -2.93. The van der Waals surface area contributed by atoms with E-state index in [9.17, 15) is 14.4 Å². The van der Waals surface area contributed by atoms with E-state index in [1.165, 1.54) is 23.9 Å². The lowest BCUT2D eigenvalue weighted by Crippen LogP contribution is -2.34. The zero-order chi connectivity index (χ0) is 20.8. The third-order valence-electron chi connectivity index (χ3n) is 5.34. The molecule has 1 aromatic carbocycles. The Morgan fingerprint density at radius 2 is 1.93 bits per heavy atom. The van der Waals surface area contributed by atoms with Crippen LogP contribution >= 0.6 is 0 Å². The summed E-state index contributed by atoms with van der Waals surface area (Å²) in [7, 11) is 3.57. The molecule has 1 atom stereocenters. The van der Waals surface area contributed by atoms with Gasteiger partial charge >= 0.3 is 0 Å². The Kier molecular flexibility index (Phi) is 6.82. The number of carbonyl (C=O) groups excluding carboxylic acids is 2. The van der Waals surface area contributed by atoms with Gasteiger partial charge in [0.1, 0.15) is 5.56 Å². The second-order valence-corrected chi connectivity index (χ2v) is 7.60. The number of hydrogen-bond acceptors (Lipinski definition) is 4. The van der Waals surface area contributed by atoms with Crippen molar-refractivity contribution in [3.05, 3.63) is 69.6 Å². The van der Waals surface area contributed by atoms with Gasteiger partial charge in [0.2, 0.25) is 0 Å². The molecule has 1 fully saturated rings. The highest BCUT2D eigenvalue weighted by molar-refractivity contribution is 5.99. The van der Waals surface area contributed by atoms with Gasteiger partial charge in [-0.05, 0) is 44.0 Å². The van der Waals surface area contributed by atoms with Crippen LogP contribution in [0.5, 0.6) is 0 Å². The lowest BCUT2D eigenvalue weighted by atomic mass is 10.1. The van der Waals surface area contributed by atoms with Crippen LogP contribution in [0.15, 0.2) is 47.4 Å². The molecular formula is C22H28N4O3. The molecular weight excluding hydrogens is 368 g/mol. The summed E-state index contributed by atoms with van der Waals surface area (Å²) < 4.78 is 1.42. The first-order chi connectivity index (χ1) is 14.0. The normalized spacial score (nSPS) is 16.6. The highest BCUT2D eigenvalue weighted by Crippen LogP contribution is 2.17. The molecule has 0 spiro atoms. The van der Waals surface area contributed by atoms with Crippen molar-refractivity contribution >= 4 is 11.8 Å². The van der Waals surface area contributed by atoms with Gasteiger partial charge in [0.25, 0.3) is 17.4 Å². The zero-order valence-corrected chi connectivity index (χ0v) is 17.0. The summed E-state index contributed by atoms with van der Waals surface area (Å²) in [6.45, 7) is 3.01.